The number of hydrogen-bond acceptors (Lipinski definition) is 3. The molecule has 0 saturated heterocycles. The SMILES string of the molecule is N#Cc1ccccc1NC(=O)N(CC(=O)O)CC(F)(F)F. The van der Waals surface area contributed by atoms with Crippen LogP contribution in [-0.4, -0.2) is 41.3 Å². The number of para-hydroxylation sites is 1. The number of amides is 2. The lowest BCUT2D eigenvalue weighted by Crippen LogP contribution is -2.44. The van der Waals surface area contributed by atoms with E-state index in [1.54, 1.807) is 6.07 Å². The molecule has 0 radical (unpaired) electrons. The lowest BCUT2D eigenvalue weighted by atomic mass is 10.2. The van der Waals surface area contributed by atoms with Gasteiger partial charge in [-0.15, -0.1) is 0 Å². The van der Waals surface area contributed by atoms with Gasteiger partial charge >= 0.3 is 18.2 Å². The summed E-state index contributed by atoms with van der Waals surface area (Å²) >= 11 is 0. The highest BCUT2D eigenvalue weighted by atomic mass is 19.4. The number of benzene rings is 1. The topological polar surface area (TPSA) is 93.4 Å². The summed E-state index contributed by atoms with van der Waals surface area (Å²) in [6.45, 7) is -2.82. The van der Waals surface area contributed by atoms with Crippen LogP contribution < -0.4 is 5.32 Å². The Morgan fingerprint density at radius 1 is 1.33 bits per heavy atom. The summed E-state index contributed by atoms with van der Waals surface area (Å²) in [4.78, 5) is 22.4. The molecule has 0 spiro atoms. The molecular formula is C12H10F3N3O3. The number of nitrogens with zero attached hydrogens (tertiary/aromatic N) is 2. The second-order valence-corrected chi connectivity index (χ2v) is 3.95. The molecule has 0 heterocycles. The Morgan fingerprint density at radius 3 is 2.48 bits per heavy atom. The first kappa shape index (κ1) is 16.3. The number of aliphatic carboxylic acids is 1. The van der Waals surface area contributed by atoms with Gasteiger partial charge in [0.05, 0.1) is 11.3 Å². The van der Waals surface area contributed by atoms with Crippen LogP contribution in [0.15, 0.2) is 24.3 Å². The average molecular weight is 301 g/mol. The quantitative estimate of drug-likeness (QED) is 0.890. The fourth-order valence-electron chi connectivity index (χ4n) is 1.46. The Hall–Kier alpha value is -2.76. The molecule has 0 unspecified atom stereocenters. The van der Waals surface area contributed by atoms with Gasteiger partial charge in [0.2, 0.25) is 0 Å². The maximum Gasteiger partial charge on any atom is 0.406 e. The van der Waals surface area contributed by atoms with Crippen LogP contribution in [0, 0.1) is 11.3 Å². The second-order valence-electron chi connectivity index (χ2n) is 3.95. The van der Waals surface area contributed by atoms with Gasteiger partial charge < -0.3 is 15.3 Å². The van der Waals surface area contributed by atoms with Gasteiger partial charge in [0.15, 0.2) is 0 Å². The van der Waals surface area contributed by atoms with Crippen molar-refractivity contribution in [3.8, 4) is 6.07 Å². The van der Waals surface area contributed by atoms with Crippen LogP contribution in [0.1, 0.15) is 5.56 Å². The highest BCUT2D eigenvalue weighted by Gasteiger charge is 2.34. The van der Waals surface area contributed by atoms with Crippen LogP contribution in [0.2, 0.25) is 0 Å². The molecule has 2 amide bonds. The predicted molar refractivity (Wildman–Crippen MR) is 65.4 cm³/mol. The molecule has 21 heavy (non-hydrogen) atoms. The number of nitrogens with one attached hydrogen (secondary N) is 1. The van der Waals surface area contributed by atoms with Crippen molar-refractivity contribution in [1.29, 1.82) is 5.26 Å². The van der Waals surface area contributed by atoms with Gasteiger partial charge in [0.25, 0.3) is 0 Å². The lowest BCUT2D eigenvalue weighted by molar-refractivity contribution is -0.148. The first-order chi connectivity index (χ1) is 9.73. The van der Waals surface area contributed by atoms with Gasteiger partial charge in [0, 0.05) is 0 Å². The Morgan fingerprint density at radius 2 is 1.95 bits per heavy atom. The summed E-state index contributed by atoms with van der Waals surface area (Å²) in [6.07, 6.45) is -4.73. The Bertz CT molecular complexity index is 581. The van der Waals surface area contributed by atoms with E-state index in [1.807, 2.05) is 0 Å². The first-order valence-electron chi connectivity index (χ1n) is 5.56. The number of carboxylic acids is 1. The minimum atomic E-state index is -4.73. The number of alkyl halides is 3. The number of halogens is 3. The molecule has 6 nitrogen and oxygen atoms in total. The molecule has 1 aromatic rings. The zero-order chi connectivity index (χ0) is 16.0. The molecule has 0 aromatic heterocycles. The summed E-state index contributed by atoms with van der Waals surface area (Å²) < 4.78 is 37.0. The molecule has 0 aliphatic carbocycles. The van der Waals surface area contributed by atoms with Crippen LogP contribution >= 0.6 is 0 Å². The number of carbonyl (C=O) groups is 2. The third kappa shape index (κ3) is 5.40. The third-order valence-electron chi connectivity index (χ3n) is 2.27. The van der Waals surface area contributed by atoms with E-state index in [2.05, 4.69) is 5.32 Å². The zero-order valence-corrected chi connectivity index (χ0v) is 10.5. The number of anilines is 1. The molecule has 0 aliphatic rings. The van der Waals surface area contributed by atoms with Gasteiger partial charge in [0.1, 0.15) is 19.2 Å². The summed E-state index contributed by atoms with van der Waals surface area (Å²) in [5, 5.41) is 19.5. The third-order valence-corrected chi connectivity index (χ3v) is 2.27. The van der Waals surface area contributed by atoms with E-state index in [0.29, 0.717) is 0 Å². The van der Waals surface area contributed by atoms with E-state index >= 15 is 0 Å². The number of urea groups is 1. The molecule has 0 bridgehead atoms. The number of rotatable bonds is 4. The van der Waals surface area contributed by atoms with Crippen molar-refractivity contribution >= 4 is 17.7 Å². The van der Waals surface area contributed by atoms with Gasteiger partial charge in [-0.25, -0.2) is 4.79 Å². The standard InChI is InChI=1S/C12H10F3N3O3/c13-12(14,15)7-18(6-10(19)20)11(21)17-9-4-2-1-3-8(9)5-16/h1-4H,6-7H2,(H,17,21)(H,19,20). The maximum atomic E-state index is 12.3. The molecule has 0 saturated carbocycles. The minimum absolute atomic E-state index is 0.00237. The molecule has 1 rings (SSSR count). The van der Waals surface area contributed by atoms with Crippen LogP contribution in [0.25, 0.3) is 0 Å². The first-order valence-corrected chi connectivity index (χ1v) is 5.56. The summed E-state index contributed by atoms with van der Waals surface area (Å²) in [6, 6.07) is 6.18. The second kappa shape index (κ2) is 6.60. The normalized spacial score (nSPS) is 10.6. The molecule has 112 valence electrons. The monoisotopic (exact) mass is 301 g/mol. The summed E-state index contributed by atoms with van der Waals surface area (Å²) in [5.74, 6) is -1.58. The molecule has 9 heteroatoms. The Balaban J connectivity index is 2.90. The highest BCUT2D eigenvalue weighted by Crippen LogP contribution is 2.18. The van der Waals surface area contributed by atoms with E-state index < -0.39 is 31.3 Å². The van der Waals surface area contributed by atoms with Crippen molar-refractivity contribution in [3.63, 3.8) is 0 Å². The maximum absolute atomic E-state index is 12.3. The minimum Gasteiger partial charge on any atom is -0.480 e. The number of hydrogen-bond donors (Lipinski definition) is 2. The van der Waals surface area contributed by atoms with Gasteiger partial charge in [-0.3, -0.25) is 4.79 Å². The van der Waals surface area contributed by atoms with E-state index in [4.69, 9.17) is 10.4 Å². The molecule has 0 atom stereocenters. The largest absolute Gasteiger partial charge is 0.480 e. The summed E-state index contributed by atoms with van der Waals surface area (Å²) in [7, 11) is 0. The molecule has 2 N–H and O–H groups in total. The molecule has 0 aliphatic heterocycles. The lowest BCUT2D eigenvalue weighted by Gasteiger charge is -2.22. The average Bonchev–Trinajstić information content (AvgIpc) is 2.36. The molecule has 0 fully saturated rings. The van der Waals surface area contributed by atoms with Gasteiger partial charge in [-0.2, -0.15) is 18.4 Å². The smallest absolute Gasteiger partial charge is 0.406 e. The van der Waals surface area contributed by atoms with E-state index in [1.165, 1.54) is 24.3 Å². The van der Waals surface area contributed by atoms with Gasteiger partial charge in [-0.1, -0.05) is 12.1 Å². The summed E-state index contributed by atoms with van der Waals surface area (Å²) in [5.41, 5.74) is 0.0516. The molecule has 1 aromatic carbocycles. The van der Waals surface area contributed by atoms with Crippen LogP contribution in [0.3, 0.4) is 0 Å². The Kier molecular flexibility index (Phi) is 5.12. The number of nitriles is 1. The predicted octanol–water partition coefficient (Wildman–Crippen LogP) is 2.04. The van der Waals surface area contributed by atoms with Crippen molar-refractivity contribution in [1.82, 2.24) is 4.90 Å². The van der Waals surface area contributed by atoms with Crippen LogP contribution in [0.5, 0.6) is 0 Å². The fraction of sp³-hybridized carbons (Fsp3) is 0.250. The van der Waals surface area contributed by atoms with Gasteiger partial charge in [-0.05, 0) is 12.1 Å². The van der Waals surface area contributed by atoms with Crippen molar-refractivity contribution in [2.75, 3.05) is 18.4 Å². The van der Waals surface area contributed by atoms with E-state index in [0.717, 1.165) is 0 Å². The zero-order valence-electron chi connectivity index (χ0n) is 10.5. The van der Waals surface area contributed by atoms with Crippen LogP contribution in [-0.2, 0) is 4.79 Å². The van der Waals surface area contributed by atoms with E-state index in [9.17, 15) is 22.8 Å². The number of carboxylic acid groups (broad SMARTS) is 1. The Labute approximate surface area is 117 Å². The van der Waals surface area contributed by atoms with Crippen LogP contribution in [0.4, 0.5) is 23.7 Å². The molecular weight excluding hydrogens is 291 g/mol. The van der Waals surface area contributed by atoms with Crippen molar-refractivity contribution < 1.29 is 27.9 Å². The highest BCUT2D eigenvalue weighted by molar-refractivity contribution is 5.92. The van der Waals surface area contributed by atoms with E-state index in [-0.39, 0.29) is 16.2 Å². The van der Waals surface area contributed by atoms with Crippen molar-refractivity contribution in [3.05, 3.63) is 29.8 Å². The fourth-order valence-corrected chi connectivity index (χ4v) is 1.46. The number of carbonyl (C=O) groups excluding carboxylic acids is 1. The van der Waals surface area contributed by atoms with Crippen molar-refractivity contribution in [2.45, 2.75) is 6.18 Å². The van der Waals surface area contributed by atoms with Crippen molar-refractivity contribution in [2.24, 2.45) is 0 Å².